The molecule has 0 saturated heterocycles. The molecule has 0 spiro atoms. The Morgan fingerprint density at radius 1 is 1.20 bits per heavy atom. The third-order valence-corrected chi connectivity index (χ3v) is 3.98. The van der Waals surface area contributed by atoms with Crippen molar-refractivity contribution in [3.05, 3.63) is 76.9 Å². The highest BCUT2D eigenvalue weighted by atomic mass is 16.4. The van der Waals surface area contributed by atoms with Crippen LogP contribution in [0.4, 0.5) is 0 Å². The summed E-state index contributed by atoms with van der Waals surface area (Å²) in [6, 6.07) is 11.7. The zero-order valence-corrected chi connectivity index (χ0v) is 14.2. The first-order valence-electron chi connectivity index (χ1n) is 7.98. The van der Waals surface area contributed by atoms with E-state index in [9.17, 15) is 4.79 Å². The molecule has 3 aromatic rings. The minimum absolute atomic E-state index is 0.0685. The molecule has 0 aliphatic carbocycles. The molecule has 6 heteroatoms. The quantitative estimate of drug-likeness (QED) is 0.724. The Balaban J connectivity index is 1.92. The summed E-state index contributed by atoms with van der Waals surface area (Å²) in [5.41, 5.74) is 5.29. The molecule has 2 aromatic heterocycles. The van der Waals surface area contributed by atoms with Gasteiger partial charge < -0.3 is 5.11 Å². The normalized spacial score (nSPS) is 11.1. The van der Waals surface area contributed by atoms with Gasteiger partial charge in [0.05, 0.1) is 6.54 Å². The maximum atomic E-state index is 11.1. The summed E-state index contributed by atoms with van der Waals surface area (Å²) < 4.78 is 1.72. The monoisotopic (exact) mass is 331 g/mol. The van der Waals surface area contributed by atoms with Crippen LogP contribution in [-0.2, 0) is 6.54 Å². The molecular weight excluding hydrogens is 313 g/mol. The number of carboxylic acid groups (broad SMARTS) is 1. The van der Waals surface area contributed by atoms with Gasteiger partial charge in [-0.05, 0) is 41.8 Å². The average molecular weight is 331 g/mol. The molecule has 5 nitrogen and oxygen atoms in total. The lowest BCUT2D eigenvalue weighted by atomic mass is 9.91. The van der Waals surface area contributed by atoms with E-state index >= 15 is 0 Å². The molecule has 0 unspecified atom stereocenters. The molecular formula is C19H18BN3O2. The van der Waals surface area contributed by atoms with Gasteiger partial charge in [0.2, 0.25) is 0 Å². The molecule has 0 atom stereocenters. The van der Waals surface area contributed by atoms with E-state index in [1.54, 1.807) is 23.1 Å². The molecule has 0 bridgehead atoms. The fourth-order valence-corrected chi connectivity index (χ4v) is 2.63. The number of pyridine rings is 1. The molecule has 0 radical (unpaired) electrons. The second kappa shape index (κ2) is 7.17. The lowest BCUT2D eigenvalue weighted by Crippen LogP contribution is -2.10. The van der Waals surface area contributed by atoms with Crippen LogP contribution in [0.1, 0.15) is 32.9 Å². The van der Waals surface area contributed by atoms with Crippen LogP contribution in [0, 0.1) is 6.92 Å². The molecule has 2 heterocycles. The summed E-state index contributed by atoms with van der Waals surface area (Å²) in [5, 5.41) is 13.3. The molecule has 0 fully saturated rings. The second-order valence-corrected chi connectivity index (χ2v) is 5.95. The van der Waals surface area contributed by atoms with E-state index in [-0.39, 0.29) is 5.69 Å². The molecule has 0 amide bonds. The third kappa shape index (κ3) is 4.04. The number of nitrogens with zero attached hydrogens (tertiary/aromatic N) is 3. The van der Waals surface area contributed by atoms with Gasteiger partial charge in [0, 0.05) is 18.1 Å². The Morgan fingerprint density at radius 3 is 2.64 bits per heavy atom. The van der Waals surface area contributed by atoms with Crippen molar-refractivity contribution in [2.45, 2.75) is 13.5 Å². The third-order valence-electron chi connectivity index (χ3n) is 3.98. The van der Waals surface area contributed by atoms with E-state index in [0.29, 0.717) is 6.54 Å². The molecule has 0 aliphatic heterocycles. The number of aryl methyl sites for hydroxylation is 1. The first-order valence-corrected chi connectivity index (χ1v) is 7.98. The number of aromatic nitrogens is 3. The highest BCUT2D eigenvalue weighted by Gasteiger charge is 2.11. The summed E-state index contributed by atoms with van der Waals surface area (Å²) in [6.45, 7) is 2.39. The number of benzene rings is 1. The minimum Gasteiger partial charge on any atom is -0.476 e. The zero-order chi connectivity index (χ0) is 17.8. The molecule has 124 valence electrons. The zero-order valence-electron chi connectivity index (χ0n) is 14.2. The van der Waals surface area contributed by atoms with Crippen molar-refractivity contribution in [2.75, 3.05) is 0 Å². The number of carbonyl (C=O) groups is 1. The van der Waals surface area contributed by atoms with Crippen LogP contribution >= 0.6 is 0 Å². The van der Waals surface area contributed by atoms with Crippen molar-refractivity contribution < 1.29 is 9.90 Å². The molecule has 25 heavy (non-hydrogen) atoms. The van der Waals surface area contributed by atoms with Crippen molar-refractivity contribution in [2.24, 2.45) is 0 Å². The van der Waals surface area contributed by atoms with Crippen molar-refractivity contribution in [3.63, 3.8) is 0 Å². The fraction of sp³-hybridized carbons (Fsp3) is 0.105. The van der Waals surface area contributed by atoms with Crippen LogP contribution in [0.3, 0.4) is 0 Å². The lowest BCUT2D eigenvalue weighted by molar-refractivity contribution is 0.0689. The molecule has 1 N–H and O–H groups in total. The van der Waals surface area contributed by atoms with Crippen LogP contribution in [-0.4, -0.2) is 33.7 Å². The highest BCUT2D eigenvalue weighted by Crippen LogP contribution is 2.15. The number of hydrogen-bond acceptors (Lipinski definition) is 3. The van der Waals surface area contributed by atoms with E-state index in [2.05, 4.69) is 34.4 Å². The smallest absolute Gasteiger partial charge is 0.356 e. The number of hydrogen-bond donors (Lipinski definition) is 1. The van der Waals surface area contributed by atoms with Gasteiger partial charge in [-0.25, -0.2) is 4.79 Å². The van der Waals surface area contributed by atoms with Gasteiger partial charge in [0.25, 0.3) is 0 Å². The van der Waals surface area contributed by atoms with Crippen molar-refractivity contribution in [1.29, 1.82) is 0 Å². The SMILES string of the molecule is Bc1ccc(/C=C\c2ccncc2)c(Cn2nc(C(=O)O)cc2C)c1. The Bertz CT molecular complexity index is 933. The maximum absolute atomic E-state index is 11.1. The van der Waals surface area contributed by atoms with Gasteiger partial charge in [-0.15, -0.1) is 0 Å². The van der Waals surface area contributed by atoms with Gasteiger partial charge in [-0.1, -0.05) is 35.8 Å². The van der Waals surface area contributed by atoms with Crippen LogP contribution < -0.4 is 5.46 Å². The molecule has 0 saturated carbocycles. The van der Waals surface area contributed by atoms with Crippen molar-refractivity contribution in [1.82, 2.24) is 14.8 Å². The first-order chi connectivity index (χ1) is 12.0. The van der Waals surface area contributed by atoms with Gasteiger partial charge in [0.15, 0.2) is 5.69 Å². The second-order valence-electron chi connectivity index (χ2n) is 5.95. The Kier molecular flexibility index (Phi) is 4.79. The van der Waals surface area contributed by atoms with Gasteiger partial charge in [-0.2, -0.15) is 5.10 Å². The molecule has 0 aliphatic rings. The number of rotatable bonds is 5. The Morgan fingerprint density at radius 2 is 1.96 bits per heavy atom. The van der Waals surface area contributed by atoms with E-state index in [4.69, 9.17) is 5.11 Å². The van der Waals surface area contributed by atoms with E-state index in [0.717, 1.165) is 27.8 Å². The minimum atomic E-state index is -1.01. The topological polar surface area (TPSA) is 68.0 Å². The molecule has 1 aromatic carbocycles. The summed E-state index contributed by atoms with van der Waals surface area (Å²) in [5.74, 6) is -1.01. The van der Waals surface area contributed by atoms with Crippen LogP contribution in [0.15, 0.2) is 48.8 Å². The van der Waals surface area contributed by atoms with Crippen LogP contribution in [0.25, 0.3) is 12.2 Å². The van der Waals surface area contributed by atoms with Crippen molar-refractivity contribution >= 4 is 31.4 Å². The fourth-order valence-electron chi connectivity index (χ4n) is 2.63. The Hall–Kier alpha value is -3.15. The maximum Gasteiger partial charge on any atom is 0.356 e. The summed E-state index contributed by atoms with van der Waals surface area (Å²) in [4.78, 5) is 15.1. The number of carboxylic acids is 1. The summed E-state index contributed by atoms with van der Waals surface area (Å²) in [7, 11) is 2.04. The van der Waals surface area contributed by atoms with Crippen molar-refractivity contribution in [3.8, 4) is 0 Å². The highest BCUT2D eigenvalue weighted by molar-refractivity contribution is 6.32. The standard InChI is InChI=1S/C19H18BN3O2/c1-13-10-18(19(24)25)22-23(13)12-16-11-17(20)5-4-15(16)3-2-14-6-8-21-9-7-14/h2-11H,12,20H2,1H3,(H,24,25)/b3-2-. The predicted octanol–water partition coefficient (Wildman–Crippen LogP) is 1.76. The van der Waals surface area contributed by atoms with Gasteiger partial charge >= 0.3 is 5.97 Å². The van der Waals surface area contributed by atoms with E-state index in [1.165, 1.54) is 0 Å². The molecule has 3 rings (SSSR count). The Labute approximate surface area is 147 Å². The largest absolute Gasteiger partial charge is 0.476 e. The first kappa shape index (κ1) is 16.7. The summed E-state index contributed by atoms with van der Waals surface area (Å²) in [6.07, 6.45) is 7.61. The van der Waals surface area contributed by atoms with Gasteiger partial charge in [-0.3, -0.25) is 9.67 Å². The van der Waals surface area contributed by atoms with E-state index < -0.39 is 5.97 Å². The van der Waals surface area contributed by atoms with Crippen LogP contribution in [0.5, 0.6) is 0 Å². The lowest BCUT2D eigenvalue weighted by Gasteiger charge is -2.10. The van der Waals surface area contributed by atoms with E-state index in [1.807, 2.05) is 33.0 Å². The predicted molar refractivity (Wildman–Crippen MR) is 101 cm³/mol. The summed E-state index contributed by atoms with van der Waals surface area (Å²) >= 11 is 0. The number of aromatic carboxylic acids is 1. The van der Waals surface area contributed by atoms with Crippen LogP contribution in [0.2, 0.25) is 0 Å². The van der Waals surface area contributed by atoms with Gasteiger partial charge in [0.1, 0.15) is 7.85 Å². The average Bonchev–Trinajstić information content (AvgIpc) is 2.96.